The lowest BCUT2D eigenvalue weighted by molar-refractivity contribution is -0.139. The predicted octanol–water partition coefficient (Wildman–Crippen LogP) is 2.68. The largest absolute Gasteiger partial charge is 0.339 e. The molecule has 1 saturated heterocycles. The van der Waals surface area contributed by atoms with E-state index in [1.165, 1.54) is 0 Å². The quantitative estimate of drug-likeness (QED) is 0.803. The molecule has 2 rings (SSSR count). The Balaban J connectivity index is 1.89. The highest BCUT2D eigenvalue weighted by Gasteiger charge is 2.24. The Morgan fingerprint density at radius 2 is 1.77 bits per heavy atom. The molecule has 1 aromatic carbocycles. The van der Waals surface area contributed by atoms with Crippen molar-refractivity contribution < 1.29 is 9.59 Å². The number of hydrogen-bond donors (Lipinski definition) is 0. The number of hydrogen-bond acceptors (Lipinski definition) is 2. The number of piperazine rings is 1. The zero-order chi connectivity index (χ0) is 16.1. The van der Waals surface area contributed by atoms with Crippen molar-refractivity contribution in [2.45, 2.75) is 13.8 Å². The van der Waals surface area contributed by atoms with Crippen molar-refractivity contribution in [2.75, 3.05) is 26.2 Å². The molecule has 0 radical (unpaired) electrons. The van der Waals surface area contributed by atoms with Crippen LogP contribution in [-0.2, 0) is 9.59 Å². The molecule has 0 aromatic heterocycles. The molecule has 0 unspecified atom stereocenters. The molecule has 1 heterocycles. The van der Waals surface area contributed by atoms with Crippen molar-refractivity contribution in [2.24, 2.45) is 5.92 Å². The van der Waals surface area contributed by atoms with Crippen LogP contribution >= 0.6 is 11.6 Å². The maximum Gasteiger partial charge on any atom is 0.246 e. The first-order valence-electron chi connectivity index (χ1n) is 7.48. The summed E-state index contributed by atoms with van der Waals surface area (Å²) >= 11 is 5.91. The first-order chi connectivity index (χ1) is 10.5. The van der Waals surface area contributed by atoms with E-state index in [-0.39, 0.29) is 17.7 Å². The maximum absolute atomic E-state index is 12.2. The van der Waals surface area contributed by atoms with Crippen LogP contribution in [0.5, 0.6) is 0 Å². The lowest BCUT2D eigenvalue weighted by Crippen LogP contribution is -2.51. The highest BCUT2D eigenvalue weighted by molar-refractivity contribution is 6.30. The molecule has 0 spiro atoms. The number of amides is 2. The number of carbonyl (C=O) groups excluding carboxylic acids is 2. The number of rotatable bonds is 3. The standard InChI is InChI=1S/C17H21ClN2O2/c1-13(2)17(22)20-10-8-19(9-11-20)16(21)7-6-14-4-3-5-15(18)12-14/h3-7,12-13H,8-11H2,1-2H3/b7-6+. The summed E-state index contributed by atoms with van der Waals surface area (Å²) in [5.74, 6) is 0.128. The first kappa shape index (κ1) is 16.6. The van der Waals surface area contributed by atoms with E-state index in [4.69, 9.17) is 11.6 Å². The Morgan fingerprint density at radius 3 is 2.36 bits per heavy atom. The summed E-state index contributed by atoms with van der Waals surface area (Å²) in [7, 11) is 0. The van der Waals surface area contributed by atoms with Gasteiger partial charge in [-0.25, -0.2) is 0 Å². The van der Waals surface area contributed by atoms with Gasteiger partial charge in [0.2, 0.25) is 11.8 Å². The van der Waals surface area contributed by atoms with Gasteiger partial charge in [-0.15, -0.1) is 0 Å². The van der Waals surface area contributed by atoms with Crippen molar-refractivity contribution >= 4 is 29.5 Å². The van der Waals surface area contributed by atoms with Gasteiger partial charge >= 0.3 is 0 Å². The van der Waals surface area contributed by atoms with E-state index >= 15 is 0 Å². The fourth-order valence-corrected chi connectivity index (χ4v) is 2.59. The molecular formula is C17H21ClN2O2. The van der Waals surface area contributed by atoms with Crippen LogP contribution in [0, 0.1) is 5.92 Å². The van der Waals surface area contributed by atoms with Gasteiger partial charge in [-0.3, -0.25) is 9.59 Å². The van der Waals surface area contributed by atoms with Crippen LogP contribution in [-0.4, -0.2) is 47.8 Å². The molecular weight excluding hydrogens is 300 g/mol. The van der Waals surface area contributed by atoms with E-state index in [0.29, 0.717) is 31.2 Å². The minimum Gasteiger partial charge on any atom is -0.339 e. The molecule has 0 bridgehead atoms. The summed E-state index contributed by atoms with van der Waals surface area (Å²) < 4.78 is 0. The van der Waals surface area contributed by atoms with Gasteiger partial charge in [-0.1, -0.05) is 37.6 Å². The van der Waals surface area contributed by atoms with E-state index in [1.54, 1.807) is 23.1 Å². The topological polar surface area (TPSA) is 40.6 Å². The first-order valence-corrected chi connectivity index (χ1v) is 7.86. The Hall–Kier alpha value is -1.81. The third-order valence-electron chi connectivity index (χ3n) is 3.66. The molecule has 22 heavy (non-hydrogen) atoms. The normalized spacial score (nSPS) is 15.6. The Bertz CT molecular complexity index is 576. The zero-order valence-corrected chi connectivity index (χ0v) is 13.7. The molecule has 0 saturated carbocycles. The molecule has 1 fully saturated rings. The van der Waals surface area contributed by atoms with Gasteiger partial charge in [-0.2, -0.15) is 0 Å². The van der Waals surface area contributed by atoms with Gasteiger partial charge in [0.05, 0.1) is 0 Å². The fraction of sp³-hybridized carbons (Fsp3) is 0.412. The maximum atomic E-state index is 12.2. The lowest BCUT2D eigenvalue weighted by atomic mass is 10.1. The molecule has 118 valence electrons. The van der Waals surface area contributed by atoms with Gasteiger partial charge in [0, 0.05) is 43.2 Å². The van der Waals surface area contributed by atoms with Crippen LogP contribution in [0.25, 0.3) is 6.08 Å². The Morgan fingerprint density at radius 1 is 1.14 bits per heavy atom. The van der Waals surface area contributed by atoms with Crippen LogP contribution in [0.2, 0.25) is 5.02 Å². The second-order valence-electron chi connectivity index (χ2n) is 5.69. The van der Waals surface area contributed by atoms with Crippen molar-refractivity contribution in [3.8, 4) is 0 Å². The van der Waals surface area contributed by atoms with Crippen LogP contribution in [0.15, 0.2) is 30.3 Å². The Labute approximate surface area is 136 Å². The van der Waals surface area contributed by atoms with Gasteiger partial charge in [-0.05, 0) is 23.8 Å². The molecule has 0 atom stereocenters. The van der Waals surface area contributed by atoms with Crippen molar-refractivity contribution in [3.05, 3.63) is 40.9 Å². The summed E-state index contributed by atoms with van der Waals surface area (Å²) in [6.07, 6.45) is 3.32. The van der Waals surface area contributed by atoms with Crippen molar-refractivity contribution in [1.82, 2.24) is 9.80 Å². The number of benzene rings is 1. The summed E-state index contributed by atoms with van der Waals surface area (Å²) in [4.78, 5) is 27.7. The number of nitrogens with zero attached hydrogens (tertiary/aromatic N) is 2. The lowest BCUT2D eigenvalue weighted by Gasteiger charge is -2.35. The summed E-state index contributed by atoms with van der Waals surface area (Å²) in [5.41, 5.74) is 0.898. The third kappa shape index (κ3) is 4.34. The van der Waals surface area contributed by atoms with E-state index < -0.39 is 0 Å². The zero-order valence-electron chi connectivity index (χ0n) is 13.0. The molecule has 5 heteroatoms. The van der Waals surface area contributed by atoms with Crippen LogP contribution in [0.3, 0.4) is 0 Å². The van der Waals surface area contributed by atoms with Crippen LogP contribution in [0.4, 0.5) is 0 Å². The molecule has 2 amide bonds. The van der Waals surface area contributed by atoms with Crippen molar-refractivity contribution in [1.29, 1.82) is 0 Å². The smallest absolute Gasteiger partial charge is 0.246 e. The Kier molecular flexibility index (Phi) is 5.61. The molecule has 1 aliphatic heterocycles. The van der Waals surface area contributed by atoms with Gasteiger partial charge < -0.3 is 9.80 Å². The van der Waals surface area contributed by atoms with E-state index in [2.05, 4.69) is 0 Å². The fourth-order valence-electron chi connectivity index (χ4n) is 2.40. The third-order valence-corrected chi connectivity index (χ3v) is 3.90. The summed E-state index contributed by atoms with van der Waals surface area (Å²) in [5, 5.41) is 0.649. The number of halogens is 1. The molecule has 4 nitrogen and oxygen atoms in total. The SMILES string of the molecule is CC(C)C(=O)N1CCN(C(=O)/C=C/c2cccc(Cl)c2)CC1. The molecule has 0 N–H and O–H groups in total. The number of carbonyl (C=O) groups is 2. The minimum atomic E-state index is -0.0309. The summed E-state index contributed by atoms with van der Waals surface area (Å²) in [6, 6.07) is 7.36. The van der Waals surface area contributed by atoms with Crippen LogP contribution in [0.1, 0.15) is 19.4 Å². The monoisotopic (exact) mass is 320 g/mol. The second-order valence-corrected chi connectivity index (χ2v) is 6.13. The molecule has 1 aliphatic rings. The summed E-state index contributed by atoms with van der Waals surface area (Å²) in [6.45, 7) is 6.16. The van der Waals surface area contributed by atoms with E-state index in [9.17, 15) is 9.59 Å². The minimum absolute atomic E-state index is 0.00461. The highest BCUT2D eigenvalue weighted by atomic mass is 35.5. The van der Waals surface area contributed by atoms with Crippen LogP contribution < -0.4 is 0 Å². The highest BCUT2D eigenvalue weighted by Crippen LogP contribution is 2.12. The molecule has 1 aromatic rings. The van der Waals surface area contributed by atoms with E-state index in [0.717, 1.165) is 5.56 Å². The average Bonchev–Trinajstić information content (AvgIpc) is 2.52. The second kappa shape index (κ2) is 7.45. The van der Waals surface area contributed by atoms with Crippen molar-refractivity contribution in [3.63, 3.8) is 0 Å². The van der Waals surface area contributed by atoms with Gasteiger partial charge in [0.15, 0.2) is 0 Å². The van der Waals surface area contributed by atoms with E-state index in [1.807, 2.05) is 36.9 Å². The predicted molar refractivity (Wildman–Crippen MR) is 88.5 cm³/mol. The average molecular weight is 321 g/mol. The van der Waals surface area contributed by atoms with Gasteiger partial charge in [0.25, 0.3) is 0 Å². The van der Waals surface area contributed by atoms with Gasteiger partial charge in [0.1, 0.15) is 0 Å². The molecule has 0 aliphatic carbocycles.